The third-order valence-electron chi connectivity index (χ3n) is 6.81. The average Bonchev–Trinajstić information content (AvgIpc) is 3.12. The Labute approximate surface area is 353 Å². The number of ether oxygens (including phenoxy) is 5. The molecular weight excluding hydrogens is 926 g/mol. The molecule has 1 aromatic heterocycles. The number of anilines is 1. The van der Waals surface area contributed by atoms with Crippen molar-refractivity contribution in [3.8, 4) is 5.75 Å². The molecule has 0 aliphatic carbocycles. The van der Waals surface area contributed by atoms with E-state index < -0.39 is 30.0 Å². The molecule has 1 heterocycles. The summed E-state index contributed by atoms with van der Waals surface area (Å²) in [5.74, 6) is -0.855. The van der Waals surface area contributed by atoms with Crippen LogP contribution in [0.2, 0.25) is 10.0 Å². The van der Waals surface area contributed by atoms with E-state index in [4.69, 9.17) is 56.2 Å². The molecule has 2 aromatic rings. The maximum atomic E-state index is 12.5. The van der Waals surface area contributed by atoms with Gasteiger partial charge < -0.3 is 34.7 Å². The van der Waals surface area contributed by atoms with Gasteiger partial charge in [-0.05, 0) is 0 Å². The molecule has 2 amide bonds. The number of nitrogens with one attached hydrogen (secondary N) is 3. The zero-order chi connectivity index (χ0) is 41.6. The van der Waals surface area contributed by atoms with E-state index in [1.54, 1.807) is 24.3 Å². The molecule has 1 aromatic carbocycles. The fourth-order valence-corrected chi connectivity index (χ4v) is 13.0. The SMILES string of the molecule is CI(CC(C)(C)CCC(=O)OC(C)(C)C)SOc1ccc(SNc2ccc(C(=O)NCCOCCOCC(=O)NCCOCCOCC(=O)O)cn2)c(Cl)c1Cl. The van der Waals surface area contributed by atoms with Crippen molar-refractivity contribution in [2.45, 2.75) is 58.0 Å². The van der Waals surface area contributed by atoms with Crippen LogP contribution in [0.25, 0.3) is 0 Å². The van der Waals surface area contributed by atoms with E-state index in [0.717, 1.165) is 10.8 Å². The van der Waals surface area contributed by atoms with Crippen LogP contribution in [0.3, 0.4) is 0 Å². The number of alkyl halides is 2. The normalized spacial score (nSPS) is 11.8. The summed E-state index contributed by atoms with van der Waals surface area (Å²) in [6.45, 7) is 11.3. The van der Waals surface area contributed by atoms with Crippen LogP contribution in [-0.4, -0.2) is 115 Å². The summed E-state index contributed by atoms with van der Waals surface area (Å²) < 4.78 is 36.3. The van der Waals surface area contributed by atoms with Gasteiger partial charge in [0.1, 0.15) is 13.2 Å². The van der Waals surface area contributed by atoms with Crippen LogP contribution < -0.4 is 19.5 Å². The number of halogens is 3. The van der Waals surface area contributed by atoms with E-state index in [9.17, 15) is 19.2 Å². The average molecular weight is 980 g/mol. The van der Waals surface area contributed by atoms with Gasteiger partial charge in [0.05, 0.1) is 39.6 Å². The molecule has 0 atom stereocenters. The topological polar surface area (TPSA) is 193 Å². The molecule has 0 spiro atoms. The molecule has 4 N–H and O–H groups in total. The summed E-state index contributed by atoms with van der Waals surface area (Å²) in [4.78, 5) is 54.0. The number of hydrogen-bond donors (Lipinski definition) is 4. The van der Waals surface area contributed by atoms with Gasteiger partial charge in [-0.15, -0.1) is 0 Å². The van der Waals surface area contributed by atoms with Crippen molar-refractivity contribution in [3.05, 3.63) is 46.1 Å². The molecule has 2 rings (SSSR count). The summed E-state index contributed by atoms with van der Waals surface area (Å²) >= 11 is 12.8. The molecule has 316 valence electrons. The third kappa shape index (κ3) is 22.6. The number of esters is 1. The number of benzene rings is 1. The van der Waals surface area contributed by atoms with Gasteiger partial charge in [-0.1, -0.05) is 0 Å². The Morgan fingerprint density at radius 1 is 0.839 bits per heavy atom. The first-order chi connectivity index (χ1) is 26.5. The number of carbonyl (C=O) groups is 4. The molecule has 0 saturated heterocycles. The van der Waals surface area contributed by atoms with Crippen LogP contribution in [0.4, 0.5) is 5.82 Å². The van der Waals surface area contributed by atoms with E-state index in [0.29, 0.717) is 38.5 Å². The number of pyridine rings is 1. The molecule has 20 heteroatoms. The van der Waals surface area contributed by atoms with Crippen molar-refractivity contribution in [2.75, 3.05) is 80.0 Å². The number of hydrogen-bond acceptors (Lipinski definition) is 14. The number of rotatable bonds is 28. The minimum atomic E-state index is -1.58. The van der Waals surface area contributed by atoms with Crippen LogP contribution in [0.5, 0.6) is 5.75 Å². The summed E-state index contributed by atoms with van der Waals surface area (Å²) in [6, 6.07) is 6.89. The number of amides is 2. The summed E-state index contributed by atoms with van der Waals surface area (Å²) in [5.41, 5.74) is -0.147. The zero-order valence-corrected chi connectivity index (χ0v) is 37.8. The van der Waals surface area contributed by atoms with Crippen molar-refractivity contribution in [2.24, 2.45) is 5.41 Å². The fraction of sp³-hybridized carbons (Fsp3) is 0.583. The van der Waals surface area contributed by atoms with Crippen molar-refractivity contribution in [3.63, 3.8) is 0 Å². The van der Waals surface area contributed by atoms with Crippen LogP contribution in [0.1, 0.15) is 57.8 Å². The molecule has 0 saturated carbocycles. The second kappa shape index (κ2) is 26.7. The van der Waals surface area contributed by atoms with E-state index in [1.807, 2.05) is 20.8 Å². The second-order valence-corrected chi connectivity index (χ2v) is 24.0. The van der Waals surface area contributed by atoms with Gasteiger partial charge in [-0.25, -0.2) is 4.79 Å². The standard InChI is InChI=1S/C36H53Cl2IN4O11S2/c1-35(2,3)53-31(47)11-12-36(4,5)24-39(6)56-54-26-8-9-27(33(38)32(26)37)55-43-28-10-7-25(21-42-28)34(48)41-14-16-50-17-19-51-22-29(44)40-13-15-49-18-20-52-23-30(45)46/h7-10,21H,11-20,22-24H2,1-6H3,(H,40,44)(H,41,48)(H,42,43)(H,45,46). The number of nitrogens with zero attached hydrogens (tertiary/aromatic N) is 1. The van der Waals surface area contributed by atoms with E-state index in [2.05, 4.69) is 39.1 Å². The Balaban J connectivity index is 1.62. The summed E-state index contributed by atoms with van der Waals surface area (Å²) in [6.07, 6.45) is 2.57. The van der Waals surface area contributed by atoms with Crippen molar-refractivity contribution < 1.29 is 52.2 Å². The Kier molecular flexibility index (Phi) is 23.7. The number of carbonyl (C=O) groups excluding carboxylic acids is 3. The van der Waals surface area contributed by atoms with Crippen LogP contribution in [-0.2, 0) is 38.1 Å². The first kappa shape index (κ1) is 49.8. The Morgan fingerprint density at radius 2 is 1.48 bits per heavy atom. The van der Waals surface area contributed by atoms with Crippen molar-refractivity contribution >= 4 is 92.4 Å². The Hall–Kier alpha value is -2.30. The molecule has 0 aliphatic heterocycles. The predicted octanol–water partition coefficient (Wildman–Crippen LogP) is 6.73. The van der Waals surface area contributed by atoms with E-state index >= 15 is 0 Å². The van der Waals surface area contributed by atoms with Crippen LogP contribution >= 0.6 is 62.8 Å². The first-order valence-corrected chi connectivity index (χ1v) is 26.1. The first-order valence-electron chi connectivity index (χ1n) is 17.5. The fourth-order valence-electron chi connectivity index (χ4n) is 4.29. The molecule has 0 fully saturated rings. The molecule has 0 bridgehead atoms. The summed E-state index contributed by atoms with van der Waals surface area (Å²) in [5, 5.41) is 14.5. The Bertz CT molecular complexity index is 1540. The molecular formula is C36H53Cl2IN4O11S2. The van der Waals surface area contributed by atoms with Gasteiger partial charge in [0, 0.05) is 13.1 Å². The van der Waals surface area contributed by atoms with Gasteiger partial charge in [-0.2, -0.15) is 0 Å². The van der Waals surface area contributed by atoms with Crippen molar-refractivity contribution in [1.29, 1.82) is 0 Å². The zero-order valence-electron chi connectivity index (χ0n) is 32.5. The maximum absolute atomic E-state index is 12.5. The summed E-state index contributed by atoms with van der Waals surface area (Å²) in [7, 11) is 1.45. The van der Waals surface area contributed by atoms with Crippen LogP contribution in [0, 0.1) is 5.41 Å². The van der Waals surface area contributed by atoms with Crippen LogP contribution in [0.15, 0.2) is 35.4 Å². The molecule has 0 unspecified atom stereocenters. The van der Waals surface area contributed by atoms with E-state index in [1.165, 1.54) is 27.4 Å². The Morgan fingerprint density at radius 3 is 2.11 bits per heavy atom. The van der Waals surface area contributed by atoms with Gasteiger partial charge in [0.15, 0.2) is 0 Å². The number of carboxylic acid groups (broad SMARTS) is 1. The van der Waals surface area contributed by atoms with Gasteiger partial charge in [-0.3, -0.25) is 9.59 Å². The van der Waals surface area contributed by atoms with Gasteiger partial charge in [0.2, 0.25) is 5.91 Å². The van der Waals surface area contributed by atoms with E-state index in [-0.39, 0.29) is 89.1 Å². The second-order valence-electron chi connectivity index (χ2n) is 13.7. The molecule has 0 aliphatic rings. The molecule has 15 nitrogen and oxygen atoms in total. The number of aliphatic carboxylic acids is 1. The predicted molar refractivity (Wildman–Crippen MR) is 228 cm³/mol. The monoisotopic (exact) mass is 978 g/mol. The molecule has 0 radical (unpaired) electrons. The van der Waals surface area contributed by atoms with Crippen molar-refractivity contribution in [1.82, 2.24) is 15.6 Å². The number of carboxylic acids is 1. The quantitative estimate of drug-likeness (QED) is 0.0175. The van der Waals surface area contributed by atoms with Gasteiger partial charge in [0.25, 0.3) is 5.91 Å². The third-order valence-corrected chi connectivity index (χ3v) is 15.4. The van der Waals surface area contributed by atoms with Gasteiger partial charge >= 0.3 is 229 Å². The molecule has 56 heavy (non-hydrogen) atoms. The minimum absolute atomic E-state index is 0.0298. The number of aromatic nitrogens is 1.